The molecular weight excluding hydrogens is 410 g/mol. The summed E-state index contributed by atoms with van der Waals surface area (Å²) in [6.45, 7) is 0. The average molecular weight is 434 g/mol. The van der Waals surface area contributed by atoms with Crippen LogP contribution in [0.25, 0.3) is 11.1 Å². The van der Waals surface area contributed by atoms with E-state index in [9.17, 15) is 10.1 Å². The number of benzene rings is 2. The lowest BCUT2D eigenvalue weighted by Gasteiger charge is -2.15. The lowest BCUT2D eigenvalue weighted by Crippen LogP contribution is -2.22. The van der Waals surface area contributed by atoms with Gasteiger partial charge in [-0.15, -0.1) is 0 Å². The number of nitrogens with two attached hydrogens (primary N) is 1. The number of rotatable bonds is 5. The molecule has 0 spiro atoms. The van der Waals surface area contributed by atoms with Crippen LogP contribution in [0.3, 0.4) is 0 Å². The number of aromatic amines is 1. The largest absolute Gasteiger partial charge is 0.398 e. The Morgan fingerprint density at radius 1 is 1.18 bits per heavy atom. The van der Waals surface area contributed by atoms with Crippen molar-refractivity contribution in [1.29, 1.82) is 5.26 Å². The Morgan fingerprint density at radius 2 is 2.00 bits per heavy atom. The number of allylic oxidation sites excluding steroid dienone is 3. The van der Waals surface area contributed by atoms with Crippen molar-refractivity contribution in [3.05, 3.63) is 113 Å². The summed E-state index contributed by atoms with van der Waals surface area (Å²) >= 11 is 0. The zero-order valence-corrected chi connectivity index (χ0v) is 18.0. The maximum absolute atomic E-state index is 13.2. The summed E-state index contributed by atoms with van der Waals surface area (Å²) in [7, 11) is 0. The molecule has 0 atom stereocenters. The first kappa shape index (κ1) is 20.5. The minimum atomic E-state index is -0.309. The molecule has 6 heteroatoms. The minimum Gasteiger partial charge on any atom is -0.398 e. The molecule has 33 heavy (non-hydrogen) atoms. The Hall–Kier alpha value is -4.37. The van der Waals surface area contributed by atoms with Gasteiger partial charge in [-0.1, -0.05) is 36.4 Å². The molecule has 2 heterocycles. The highest BCUT2D eigenvalue weighted by Gasteiger charge is 2.23. The van der Waals surface area contributed by atoms with Crippen molar-refractivity contribution < 1.29 is 4.79 Å². The van der Waals surface area contributed by atoms with Crippen LogP contribution in [0.4, 0.5) is 0 Å². The molecule has 2 aliphatic rings. The molecule has 0 radical (unpaired) electrons. The number of nitrogens with one attached hydrogen (secondary N) is 1. The molecule has 1 aliphatic heterocycles. The number of carbonyl (C=O) groups is 1. The van der Waals surface area contributed by atoms with Gasteiger partial charge in [0.1, 0.15) is 0 Å². The Balaban J connectivity index is 1.42. The van der Waals surface area contributed by atoms with Crippen molar-refractivity contribution in [1.82, 2.24) is 15.1 Å². The maximum atomic E-state index is 13.2. The monoisotopic (exact) mass is 433 g/mol. The quantitative estimate of drug-likeness (QED) is 0.607. The van der Waals surface area contributed by atoms with Gasteiger partial charge in [0.25, 0.3) is 5.91 Å². The molecule has 1 aromatic heterocycles. The topological polar surface area (TPSA) is 98.8 Å². The molecule has 1 fully saturated rings. The van der Waals surface area contributed by atoms with Gasteiger partial charge in [-0.3, -0.25) is 14.8 Å². The fourth-order valence-electron chi connectivity index (χ4n) is 4.05. The first-order chi connectivity index (χ1) is 16.1. The van der Waals surface area contributed by atoms with Crippen molar-refractivity contribution >= 4 is 5.91 Å². The molecule has 3 aromatic rings. The number of amides is 1. The molecule has 2 aromatic carbocycles. The highest BCUT2D eigenvalue weighted by molar-refractivity contribution is 5.98. The molecule has 6 nitrogen and oxygen atoms in total. The number of hydrogen-bond donors (Lipinski definition) is 2. The molecule has 5 rings (SSSR count). The lowest BCUT2D eigenvalue weighted by atomic mass is 9.97. The number of aromatic nitrogens is 2. The third-order valence-corrected chi connectivity index (χ3v) is 5.97. The number of nitriles is 1. The predicted molar refractivity (Wildman–Crippen MR) is 127 cm³/mol. The van der Waals surface area contributed by atoms with E-state index in [1.165, 1.54) is 23.3 Å². The highest BCUT2D eigenvalue weighted by Crippen LogP contribution is 2.40. The van der Waals surface area contributed by atoms with E-state index in [2.05, 4.69) is 40.5 Å². The van der Waals surface area contributed by atoms with E-state index in [1.807, 2.05) is 12.3 Å². The smallest absolute Gasteiger partial charge is 0.263 e. The van der Waals surface area contributed by atoms with Crippen LogP contribution < -0.4 is 5.73 Å². The summed E-state index contributed by atoms with van der Waals surface area (Å²) in [5.41, 5.74) is 12.4. The van der Waals surface area contributed by atoms with Crippen LogP contribution in [0.2, 0.25) is 0 Å². The predicted octanol–water partition coefficient (Wildman–Crippen LogP) is 4.74. The van der Waals surface area contributed by atoms with E-state index in [4.69, 9.17) is 5.73 Å². The fraction of sp³-hybridized carbons (Fsp3) is 0.148. The van der Waals surface area contributed by atoms with Crippen LogP contribution >= 0.6 is 0 Å². The average Bonchev–Trinajstić information content (AvgIpc) is 3.63. The lowest BCUT2D eigenvalue weighted by molar-refractivity contribution is 0.0868. The van der Waals surface area contributed by atoms with E-state index >= 15 is 0 Å². The number of carbonyl (C=O) groups excluding carboxylic acids is 1. The number of nitrogens with zero attached hydrogens (tertiary/aromatic N) is 3. The van der Waals surface area contributed by atoms with E-state index in [-0.39, 0.29) is 5.91 Å². The van der Waals surface area contributed by atoms with Gasteiger partial charge in [0, 0.05) is 35.8 Å². The summed E-state index contributed by atoms with van der Waals surface area (Å²) in [5, 5.41) is 16.9. The van der Waals surface area contributed by atoms with E-state index in [0.29, 0.717) is 23.2 Å². The molecular formula is C27H23N5O. The van der Waals surface area contributed by atoms with Crippen LogP contribution in [0.1, 0.15) is 51.5 Å². The normalized spacial score (nSPS) is 15.1. The molecule has 1 amide bonds. The van der Waals surface area contributed by atoms with E-state index < -0.39 is 0 Å². The van der Waals surface area contributed by atoms with Crippen molar-refractivity contribution in [2.45, 2.75) is 25.2 Å². The van der Waals surface area contributed by atoms with Gasteiger partial charge >= 0.3 is 0 Å². The van der Waals surface area contributed by atoms with Gasteiger partial charge in [-0.25, -0.2) is 0 Å². The molecule has 1 aliphatic carbocycles. The number of H-pyrrole nitrogens is 1. The number of hydrogen-bond acceptors (Lipinski definition) is 4. The van der Waals surface area contributed by atoms with Crippen LogP contribution in [-0.2, 0) is 6.42 Å². The molecule has 0 unspecified atom stereocenters. The molecule has 1 saturated carbocycles. The van der Waals surface area contributed by atoms with E-state index in [0.717, 1.165) is 28.3 Å². The Kier molecular flexibility index (Phi) is 5.37. The Labute approximate surface area is 192 Å². The highest BCUT2D eigenvalue weighted by atomic mass is 16.2. The van der Waals surface area contributed by atoms with Crippen LogP contribution in [0.5, 0.6) is 0 Å². The van der Waals surface area contributed by atoms with Gasteiger partial charge in [0.15, 0.2) is 0 Å². The first-order valence-corrected chi connectivity index (χ1v) is 10.9. The second-order valence-electron chi connectivity index (χ2n) is 8.37. The van der Waals surface area contributed by atoms with Crippen LogP contribution in [0, 0.1) is 11.3 Å². The Bertz CT molecular complexity index is 1330. The molecule has 0 saturated heterocycles. The third kappa shape index (κ3) is 4.35. The second kappa shape index (κ2) is 8.64. The maximum Gasteiger partial charge on any atom is 0.263 e. The van der Waals surface area contributed by atoms with Crippen molar-refractivity contribution in [3.63, 3.8) is 0 Å². The van der Waals surface area contributed by atoms with Crippen LogP contribution in [0.15, 0.2) is 85.0 Å². The minimum absolute atomic E-state index is 0.309. The van der Waals surface area contributed by atoms with Gasteiger partial charge in [0.2, 0.25) is 0 Å². The standard InChI is InChI=1S/C27H23N5O/c28-15-22-5-4-18(13-24(22)27(33)32-12-2-1-3-23(29)17-32)14-26-25(16-30-31-26)21-10-8-20(9-11-21)19-6-7-19/h1-5,8-13,16-17,19H,6-7,14,29H2,(H,30,31). The van der Waals surface area contributed by atoms with Gasteiger partial charge < -0.3 is 5.73 Å². The van der Waals surface area contributed by atoms with Gasteiger partial charge in [-0.2, -0.15) is 10.4 Å². The second-order valence-corrected chi connectivity index (χ2v) is 8.37. The zero-order valence-electron chi connectivity index (χ0n) is 18.0. The van der Waals surface area contributed by atoms with E-state index in [1.54, 1.807) is 42.8 Å². The Morgan fingerprint density at radius 3 is 2.76 bits per heavy atom. The summed E-state index contributed by atoms with van der Waals surface area (Å²) in [6, 6.07) is 16.2. The van der Waals surface area contributed by atoms with Crippen molar-refractivity contribution in [2.24, 2.45) is 5.73 Å². The molecule has 162 valence electrons. The van der Waals surface area contributed by atoms with Gasteiger partial charge in [0.05, 0.1) is 23.4 Å². The van der Waals surface area contributed by atoms with Gasteiger partial charge in [-0.05, 0) is 59.7 Å². The van der Waals surface area contributed by atoms with Crippen molar-refractivity contribution in [2.75, 3.05) is 0 Å². The summed E-state index contributed by atoms with van der Waals surface area (Å²) in [5.74, 6) is 0.411. The molecule has 0 bridgehead atoms. The first-order valence-electron chi connectivity index (χ1n) is 10.9. The fourth-order valence-corrected chi connectivity index (χ4v) is 4.05. The van der Waals surface area contributed by atoms with Crippen molar-refractivity contribution in [3.8, 4) is 17.2 Å². The summed E-state index contributed by atoms with van der Waals surface area (Å²) in [6.07, 6.45) is 13.3. The zero-order chi connectivity index (χ0) is 22.8. The third-order valence-electron chi connectivity index (χ3n) is 5.97. The summed E-state index contributed by atoms with van der Waals surface area (Å²) < 4.78 is 0. The summed E-state index contributed by atoms with van der Waals surface area (Å²) in [4.78, 5) is 14.6. The molecule has 3 N–H and O–H groups in total. The SMILES string of the molecule is N#Cc1ccc(Cc2[nH]ncc2-c2ccc(C3CC3)cc2)cc1C(=O)N1C=CC=CC(N)=C1. The van der Waals surface area contributed by atoms with Crippen LogP contribution in [-0.4, -0.2) is 21.0 Å².